The Morgan fingerprint density at radius 1 is 1.03 bits per heavy atom. The normalized spacial score (nSPS) is 11.1. The number of hydrogen-bond donors (Lipinski definition) is 1. The second-order valence-corrected chi connectivity index (χ2v) is 7.23. The molecule has 0 unspecified atom stereocenters. The van der Waals surface area contributed by atoms with Gasteiger partial charge in [0.05, 0.1) is 22.1 Å². The molecule has 1 N–H and O–H groups in total. The topological polar surface area (TPSA) is 67.3 Å². The van der Waals surface area contributed by atoms with E-state index in [9.17, 15) is 4.79 Å². The number of nitrogens with zero attached hydrogens (tertiary/aromatic N) is 3. The fourth-order valence-electron chi connectivity index (χ4n) is 3.41. The van der Waals surface area contributed by atoms with Crippen LogP contribution in [0, 0.1) is 12.3 Å². The van der Waals surface area contributed by atoms with Crippen molar-refractivity contribution in [2.45, 2.75) is 0 Å². The summed E-state index contributed by atoms with van der Waals surface area (Å²) in [7, 11) is 3.93. The maximum Gasteiger partial charge on any atom is 0.253 e. The zero-order valence-corrected chi connectivity index (χ0v) is 17.0. The van der Waals surface area contributed by atoms with Crippen molar-refractivity contribution in [3.05, 3.63) is 54.1 Å². The summed E-state index contributed by atoms with van der Waals surface area (Å²) in [5.74, 6) is 3.03. The summed E-state index contributed by atoms with van der Waals surface area (Å²) in [6, 6.07) is 15.1. The molecule has 0 saturated carbocycles. The van der Waals surface area contributed by atoms with Crippen LogP contribution in [-0.2, 0) is 0 Å². The third-order valence-corrected chi connectivity index (χ3v) is 4.85. The molecule has 0 saturated heterocycles. The van der Waals surface area contributed by atoms with Gasteiger partial charge in [-0.15, -0.1) is 6.42 Å². The van der Waals surface area contributed by atoms with E-state index in [2.05, 4.69) is 11.2 Å². The first kappa shape index (κ1) is 19.6. The third kappa shape index (κ3) is 3.76. The van der Waals surface area contributed by atoms with Gasteiger partial charge in [0.15, 0.2) is 0 Å². The summed E-state index contributed by atoms with van der Waals surface area (Å²) in [5.41, 5.74) is 3.25. The van der Waals surface area contributed by atoms with Gasteiger partial charge in [-0.25, -0.2) is 9.97 Å². The number of benzene rings is 3. The number of aromatic nitrogens is 2. The Bertz CT molecular complexity index is 1290. The van der Waals surface area contributed by atoms with Crippen molar-refractivity contribution in [3.63, 3.8) is 0 Å². The largest absolute Gasteiger partial charge is 0.480 e. The van der Waals surface area contributed by atoms with Gasteiger partial charge >= 0.3 is 0 Å². The van der Waals surface area contributed by atoms with Crippen LogP contribution in [0.15, 0.2) is 48.5 Å². The fraction of sp³-hybridized carbons (Fsp3) is 0.208. The fourth-order valence-corrected chi connectivity index (χ4v) is 3.41. The first-order valence-electron chi connectivity index (χ1n) is 9.70. The summed E-state index contributed by atoms with van der Waals surface area (Å²) < 4.78 is 5.68. The molecule has 0 fully saturated rings. The van der Waals surface area contributed by atoms with Crippen LogP contribution < -0.4 is 10.1 Å². The molecule has 0 atom stereocenters. The number of nitrogens with one attached hydrogen (secondary N) is 1. The Hall–Kier alpha value is -3.69. The lowest BCUT2D eigenvalue weighted by molar-refractivity contribution is 0.0952. The highest BCUT2D eigenvalue weighted by Crippen LogP contribution is 2.31. The summed E-state index contributed by atoms with van der Waals surface area (Å²) in [6.45, 7) is 1.51. The molecule has 0 aliphatic carbocycles. The van der Waals surface area contributed by atoms with Gasteiger partial charge in [-0.1, -0.05) is 24.1 Å². The van der Waals surface area contributed by atoms with Crippen LogP contribution in [0.5, 0.6) is 5.75 Å². The zero-order chi connectivity index (χ0) is 21.1. The molecule has 1 aromatic heterocycles. The standard InChI is InChI=1S/C24H22N4O2/c1-4-15-30-21-10-6-7-17-16(21)11-12-20-22(17)27-23-18(8-5-9-19(23)26-20)24(29)25-13-14-28(2)3/h1,5-12H,13-15H2,2-3H3,(H,25,29). The van der Waals surface area contributed by atoms with Crippen LogP contribution in [0.1, 0.15) is 10.4 Å². The molecule has 3 aromatic carbocycles. The first-order chi connectivity index (χ1) is 14.6. The summed E-state index contributed by atoms with van der Waals surface area (Å²) in [4.78, 5) is 24.4. The number of terminal acetylenes is 1. The molecular weight excluding hydrogens is 376 g/mol. The van der Waals surface area contributed by atoms with Crippen molar-refractivity contribution in [2.75, 3.05) is 33.8 Å². The van der Waals surface area contributed by atoms with Gasteiger partial charge in [0.2, 0.25) is 0 Å². The second-order valence-electron chi connectivity index (χ2n) is 7.23. The molecule has 4 aromatic rings. The molecule has 0 aliphatic rings. The number of rotatable bonds is 6. The Labute approximate surface area is 174 Å². The molecule has 6 nitrogen and oxygen atoms in total. The molecular formula is C24H22N4O2. The van der Waals surface area contributed by atoms with Crippen molar-refractivity contribution < 1.29 is 9.53 Å². The number of carbonyl (C=O) groups is 1. The van der Waals surface area contributed by atoms with E-state index in [1.165, 1.54) is 0 Å². The summed E-state index contributed by atoms with van der Waals surface area (Å²) in [6.07, 6.45) is 5.33. The SMILES string of the molecule is C#CCOc1cccc2c1ccc1nc3cccc(C(=O)NCCN(C)C)c3nc12. The molecule has 6 heteroatoms. The molecule has 0 radical (unpaired) electrons. The van der Waals surface area contributed by atoms with E-state index in [1.54, 1.807) is 6.07 Å². The molecule has 1 amide bonds. The zero-order valence-electron chi connectivity index (χ0n) is 17.0. The Balaban J connectivity index is 1.84. The van der Waals surface area contributed by atoms with E-state index in [-0.39, 0.29) is 12.5 Å². The van der Waals surface area contributed by atoms with Crippen LogP contribution in [-0.4, -0.2) is 54.6 Å². The Morgan fingerprint density at radius 2 is 1.83 bits per heavy atom. The Kier molecular flexibility index (Phi) is 5.46. The van der Waals surface area contributed by atoms with E-state index in [0.29, 0.717) is 28.9 Å². The van der Waals surface area contributed by atoms with Gasteiger partial charge in [0.25, 0.3) is 5.91 Å². The lowest BCUT2D eigenvalue weighted by Crippen LogP contribution is -2.31. The first-order valence-corrected chi connectivity index (χ1v) is 9.70. The van der Waals surface area contributed by atoms with Gasteiger partial charge in [0, 0.05) is 23.9 Å². The maximum atomic E-state index is 12.8. The van der Waals surface area contributed by atoms with Gasteiger partial charge in [-0.3, -0.25) is 4.79 Å². The van der Waals surface area contributed by atoms with Crippen LogP contribution in [0.2, 0.25) is 0 Å². The van der Waals surface area contributed by atoms with Crippen molar-refractivity contribution in [2.24, 2.45) is 0 Å². The van der Waals surface area contributed by atoms with E-state index >= 15 is 0 Å². The second kappa shape index (κ2) is 8.36. The van der Waals surface area contributed by atoms with Crippen molar-refractivity contribution in [1.82, 2.24) is 20.2 Å². The third-order valence-electron chi connectivity index (χ3n) is 4.85. The number of carbonyl (C=O) groups excluding carboxylic acids is 1. The number of likely N-dealkylation sites (N-methyl/N-ethyl adjacent to an activating group) is 1. The van der Waals surface area contributed by atoms with E-state index in [4.69, 9.17) is 21.1 Å². The average Bonchev–Trinajstić information content (AvgIpc) is 2.75. The lowest BCUT2D eigenvalue weighted by atomic mass is 10.1. The van der Waals surface area contributed by atoms with Crippen LogP contribution >= 0.6 is 0 Å². The van der Waals surface area contributed by atoms with Crippen molar-refractivity contribution >= 4 is 38.7 Å². The predicted octanol–water partition coefficient (Wildman–Crippen LogP) is 3.24. The van der Waals surface area contributed by atoms with E-state index in [1.807, 2.05) is 61.5 Å². The molecule has 1 heterocycles. The minimum absolute atomic E-state index is 0.158. The predicted molar refractivity (Wildman–Crippen MR) is 120 cm³/mol. The maximum absolute atomic E-state index is 12.8. The van der Waals surface area contributed by atoms with Crippen molar-refractivity contribution in [3.8, 4) is 18.1 Å². The van der Waals surface area contributed by atoms with E-state index < -0.39 is 0 Å². The minimum atomic E-state index is -0.158. The number of amides is 1. The number of ether oxygens (including phenoxy) is 1. The van der Waals surface area contributed by atoms with Gasteiger partial charge < -0.3 is 15.0 Å². The quantitative estimate of drug-likeness (QED) is 0.307. The van der Waals surface area contributed by atoms with Gasteiger partial charge in [-0.05, 0) is 44.4 Å². The summed E-state index contributed by atoms with van der Waals surface area (Å²) in [5, 5.41) is 4.76. The number of fused-ring (bicyclic) bond motifs is 4. The van der Waals surface area contributed by atoms with Gasteiger partial charge in [-0.2, -0.15) is 0 Å². The highest BCUT2D eigenvalue weighted by atomic mass is 16.5. The van der Waals surface area contributed by atoms with Crippen LogP contribution in [0.3, 0.4) is 0 Å². The monoisotopic (exact) mass is 398 g/mol. The lowest BCUT2D eigenvalue weighted by Gasteiger charge is -2.12. The number of para-hydroxylation sites is 1. The average molecular weight is 398 g/mol. The molecule has 0 spiro atoms. The number of hydrogen-bond acceptors (Lipinski definition) is 5. The summed E-state index contributed by atoms with van der Waals surface area (Å²) >= 11 is 0. The molecule has 150 valence electrons. The Morgan fingerprint density at radius 3 is 2.63 bits per heavy atom. The molecule has 0 aliphatic heterocycles. The smallest absolute Gasteiger partial charge is 0.253 e. The van der Waals surface area contributed by atoms with Crippen molar-refractivity contribution in [1.29, 1.82) is 0 Å². The van der Waals surface area contributed by atoms with Crippen LogP contribution in [0.4, 0.5) is 0 Å². The van der Waals surface area contributed by atoms with Crippen LogP contribution in [0.25, 0.3) is 32.8 Å². The molecule has 30 heavy (non-hydrogen) atoms. The van der Waals surface area contributed by atoms with E-state index in [0.717, 1.165) is 28.4 Å². The highest BCUT2D eigenvalue weighted by molar-refractivity contribution is 6.11. The molecule has 0 bridgehead atoms. The van der Waals surface area contributed by atoms with Gasteiger partial charge in [0.1, 0.15) is 17.9 Å². The minimum Gasteiger partial charge on any atom is -0.480 e. The molecule has 4 rings (SSSR count). The highest BCUT2D eigenvalue weighted by Gasteiger charge is 2.14.